The van der Waals surface area contributed by atoms with Gasteiger partial charge in [-0.05, 0) is 43.7 Å². The molecule has 24 heavy (non-hydrogen) atoms. The molecule has 6 nitrogen and oxygen atoms in total. The molecule has 0 spiro atoms. The zero-order valence-corrected chi connectivity index (χ0v) is 12.8. The molecule has 2 amide bonds. The smallest absolute Gasteiger partial charge is 0.406 e. The number of anilines is 1. The molecule has 132 valence electrons. The van der Waals surface area contributed by atoms with Gasteiger partial charge in [-0.3, -0.25) is 14.5 Å². The van der Waals surface area contributed by atoms with E-state index in [-0.39, 0.29) is 18.2 Å². The molecule has 0 unspecified atom stereocenters. The van der Waals surface area contributed by atoms with E-state index in [0.717, 1.165) is 25.0 Å². The topological polar surface area (TPSA) is 84.7 Å². The highest BCUT2D eigenvalue weighted by Gasteiger charge is 2.31. The van der Waals surface area contributed by atoms with Crippen LogP contribution in [0.5, 0.6) is 5.75 Å². The van der Waals surface area contributed by atoms with Gasteiger partial charge in [0.2, 0.25) is 11.8 Å². The molecule has 1 fully saturated rings. The molecule has 0 aliphatic carbocycles. The largest absolute Gasteiger partial charge is 0.573 e. The Morgan fingerprint density at radius 2 is 1.92 bits per heavy atom. The summed E-state index contributed by atoms with van der Waals surface area (Å²) < 4.78 is 40.0. The van der Waals surface area contributed by atoms with Crippen LogP contribution in [0.4, 0.5) is 18.9 Å². The summed E-state index contributed by atoms with van der Waals surface area (Å²) in [5.41, 5.74) is 5.67. The first-order valence-electron chi connectivity index (χ1n) is 7.43. The quantitative estimate of drug-likeness (QED) is 0.853. The van der Waals surface area contributed by atoms with Crippen molar-refractivity contribution in [2.45, 2.75) is 31.7 Å². The zero-order chi connectivity index (χ0) is 17.7. The van der Waals surface area contributed by atoms with Gasteiger partial charge in [-0.15, -0.1) is 13.2 Å². The Labute approximate surface area is 136 Å². The lowest BCUT2D eigenvalue weighted by atomic mass is 10.0. The Balaban J connectivity index is 1.91. The van der Waals surface area contributed by atoms with E-state index in [1.54, 1.807) is 4.90 Å². The number of amides is 2. The van der Waals surface area contributed by atoms with Gasteiger partial charge in [0.05, 0.1) is 12.6 Å². The molecule has 1 aromatic rings. The number of ether oxygens (including phenoxy) is 1. The Morgan fingerprint density at radius 3 is 2.50 bits per heavy atom. The molecule has 1 aliphatic heterocycles. The molecule has 1 aromatic carbocycles. The maximum absolute atomic E-state index is 12.1. The fourth-order valence-corrected chi connectivity index (χ4v) is 2.63. The number of hydrogen-bond donors (Lipinski definition) is 2. The lowest BCUT2D eigenvalue weighted by Gasteiger charge is -2.32. The van der Waals surface area contributed by atoms with Crippen LogP contribution in [-0.4, -0.2) is 42.2 Å². The van der Waals surface area contributed by atoms with E-state index in [4.69, 9.17) is 5.73 Å². The number of nitrogens with zero attached hydrogens (tertiary/aromatic N) is 1. The first-order chi connectivity index (χ1) is 11.2. The monoisotopic (exact) mass is 345 g/mol. The average Bonchev–Trinajstić information content (AvgIpc) is 2.48. The van der Waals surface area contributed by atoms with Gasteiger partial charge in [0.25, 0.3) is 0 Å². The van der Waals surface area contributed by atoms with E-state index in [1.807, 2.05) is 0 Å². The molecule has 0 radical (unpaired) electrons. The van der Waals surface area contributed by atoms with Gasteiger partial charge >= 0.3 is 6.36 Å². The summed E-state index contributed by atoms with van der Waals surface area (Å²) in [5, 5.41) is 2.57. The minimum Gasteiger partial charge on any atom is -0.406 e. The second-order valence-electron chi connectivity index (χ2n) is 5.50. The minimum absolute atomic E-state index is 0.00555. The van der Waals surface area contributed by atoms with Gasteiger partial charge in [-0.2, -0.15) is 0 Å². The normalized spacial score (nSPS) is 18.9. The third-order valence-corrected chi connectivity index (χ3v) is 3.66. The first kappa shape index (κ1) is 18.1. The SMILES string of the molecule is NC(=O)[C@H]1CCCCN1CC(=O)Nc1ccc(OC(F)(F)F)cc1. The van der Waals surface area contributed by atoms with Crippen molar-refractivity contribution >= 4 is 17.5 Å². The summed E-state index contributed by atoms with van der Waals surface area (Å²) in [4.78, 5) is 25.2. The molecule has 9 heteroatoms. The number of primary amides is 1. The van der Waals surface area contributed by atoms with Crippen molar-refractivity contribution in [3.05, 3.63) is 24.3 Å². The fraction of sp³-hybridized carbons (Fsp3) is 0.467. The molecule has 1 atom stereocenters. The highest BCUT2D eigenvalue weighted by atomic mass is 19.4. The standard InChI is InChI=1S/C15H18F3N3O3/c16-15(17,18)24-11-6-4-10(5-7-11)20-13(22)9-21-8-2-1-3-12(21)14(19)23/h4-7,12H,1-3,8-9H2,(H2,19,23)(H,20,22)/t12-/m1/s1. The van der Waals surface area contributed by atoms with Gasteiger partial charge < -0.3 is 15.8 Å². The van der Waals surface area contributed by atoms with Crippen molar-refractivity contribution in [1.29, 1.82) is 0 Å². The van der Waals surface area contributed by atoms with Gasteiger partial charge in [0, 0.05) is 5.69 Å². The maximum Gasteiger partial charge on any atom is 0.573 e. The minimum atomic E-state index is -4.76. The predicted octanol–water partition coefficient (Wildman–Crippen LogP) is 1.86. The molecule has 0 saturated carbocycles. The number of piperidine rings is 1. The number of nitrogens with two attached hydrogens (primary N) is 1. The van der Waals surface area contributed by atoms with E-state index in [1.165, 1.54) is 12.1 Å². The van der Waals surface area contributed by atoms with Crippen LogP contribution in [0.1, 0.15) is 19.3 Å². The molecule has 1 heterocycles. The van der Waals surface area contributed by atoms with E-state index in [9.17, 15) is 22.8 Å². The van der Waals surface area contributed by atoms with Crippen LogP contribution < -0.4 is 15.8 Å². The first-order valence-corrected chi connectivity index (χ1v) is 7.43. The number of likely N-dealkylation sites (tertiary alicyclic amines) is 1. The number of nitrogens with one attached hydrogen (secondary N) is 1. The van der Waals surface area contributed by atoms with Gasteiger partial charge in [0.1, 0.15) is 5.75 Å². The highest BCUT2D eigenvalue weighted by molar-refractivity contribution is 5.92. The van der Waals surface area contributed by atoms with Crippen LogP contribution in [0.3, 0.4) is 0 Å². The molecule has 0 aromatic heterocycles. The average molecular weight is 345 g/mol. The van der Waals surface area contributed by atoms with Gasteiger partial charge in [-0.25, -0.2) is 0 Å². The van der Waals surface area contributed by atoms with E-state index in [0.29, 0.717) is 18.7 Å². The van der Waals surface area contributed by atoms with E-state index >= 15 is 0 Å². The van der Waals surface area contributed by atoms with Crippen molar-refractivity contribution in [2.24, 2.45) is 5.73 Å². The van der Waals surface area contributed by atoms with E-state index < -0.39 is 18.3 Å². The number of halogens is 3. The van der Waals surface area contributed by atoms with Crippen LogP contribution in [0.2, 0.25) is 0 Å². The molecule has 2 rings (SSSR count). The summed E-state index contributed by atoms with van der Waals surface area (Å²) in [6, 6.07) is 4.36. The van der Waals surface area contributed by atoms with Crippen LogP contribution in [0, 0.1) is 0 Å². The Bertz CT molecular complexity index is 590. The van der Waals surface area contributed by atoms with Crippen molar-refractivity contribution in [2.75, 3.05) is 18.4 Å². The van der Waals surface area contributed by atoms with Crippen LogP contribution >= 0.6 is 0 Å². The fourth-order valence-electron chi connectivity index (χ4n) is 2.63. The predicted molar refractivity (Wildman–Crippen MR) is 80.2 cm³/mol. The highest BCUT2D eigenvalue weighted by Crippen LogP contribution is 2.24. The lowest BCUT2D eigenvalue weighted by molar-refractivity contribution is -0.274. The molecule has 1 saturated heterocycles. The molecular formula is C15H18F3N3O3. The second kappa shape index (κ2) is 7.52. The summed E-state index contributed by atoms with van der Waals surface area (Å²) in [6.45, 7) is 0.591. The van der Waals surface area contributed by atoms with Crippen molar-refractivity contribution in [3.8, 4) is 5.75 Å². The third kappa shape index (κ3) is 5.41. The summed E-state index contributed by atoms with van der Waals surface area (Å²) in [5.74, 6) is -1.20. The van der Waals surface area contributed by atoms with Crippen molar-refractivity contribution < 1.29 is 27.5 Å². The van der Waals surface area contributed by atoms with Gasteiger partial charge in [0.15, 0.2) is 0 Å². The number of carbonyl (C=O) groups excluding carboxylic acids is 2. The van der Waals surface area contributed by atoms with E-state index in [2.05, 4.69) is 10.1 Å². The zero-order valence-electron chi connectivity index (χ0n) is 12.8. The van der Waals surface area contributed by atoms with Crippen LogP contribution in [0.25, 0.3) is 0 Å². The van der Waals surface area contributed by atoms with Crippen LogP contribution in [-0.2, 0) is 9.59 Å². The molecule has 1 aliphatic rings. The Kier molecular flexibility index (Phi) is 5.66. The van der Waals surface area contributed by atoms with Crippen molar-refractivity contribution in [3.63, 3.8) is 0 Å². The molecular weight excluding hydrogens is 327 g/mol. The number of benzene rings is 1. The van der Waals surface area contributed by atoms with Crippen LogP contribution in [0.15, 0.2) is 24.3 Å². The Hall–Kier alpha value is -2.29. The van der Waals surface area contributed by atoms with Crippen molar-refractivity contribution in [1.82, 2.24) is 4.90 Å². The summed E-state index contributed by atoms with van der Waals surface area (Å²) >= 11 is 0. The number of carbonyl (C=O) groups is 2. The number of alkyl halides is 3. The number of rotatable bonds is 5. The molecule has 0 bridgehead atoms. The maximum atomic E-state index is 12.1. The Morgan fingerprint density at radius 1 is 1.25 bits per heavy atom. The van der Waals surface area contributed by atoms with Gasteiger partial charge in [-0.1, -0.05) is 6.42 Å². The lowest BCUT2D eigenvalue weighted by Crippen LogP contribution is -2.50. The summed E-state index contributed by atoms with van der Waals surface area (Å²) in [6.07, 6.45) is -2.39. The second-order valence-corrected chi connectivity index (χ2v) is 5.50. The number of hydrogen-bond acceptors (Lipinski definition) is 4. The molecule has 3 N–H and O–H groups in total. The summed E-state index contributed by atoms with van der Waals surface area (Å²) in [7, 11) is 0. The third-order valence-electron chi connectivity index (χ3n) is 3.66.